The van der Waals surface area contributed by atoms with Crippen molar-refractivity contribution in [2.45, 2.75) is 32.7 Å². The minimum Gasteiger partial charge on any atom is -0.493 e. The summed E-state index contributed by atoms with van der Waals surface area (Å²) in [6.07, 6.45) is 0.408. The van der Waals surface area contributed by atoms with Crippen molar-refractivity contribution in [2.24, 2.45) is 0 Å². The molecule has 0 spiro atoms. The number of carbonyl (C=O) groups is 1. The molecule has 0 heterocycles. The summed E-state index contributed by atoms with van der Waals surface area (Å²) in [5.41, 5.74) is 1.44. The van der Waals surface area contributed by atoms with Crippen LogP contribution in [0.25, 0.3) is 0 Å². The van der Waals surface area contributed by atoms with Crippen LogP contribution in [0, 0.1) is 13.8 Å². The molecule has 0 radical (unpaired) electrons. The quantitative estimate of drug-likeness (QED) is 0.813. The number of aryl methyl sites for hydroxylation is 2. The first-order chi connectivity index (χ1) is 8.39. The maximum Gasteiger partial charge on any atom is 0.323 e. The molecule has 4 heteroatoms. The van der Waals surface area contributed by atoms with Gasteiger partial charge in [-0.3, -0.25) is 4.79 Å². The number of aliphatic carboxylic acids is 1. The first-order valence-corrected chi connectivity index (χ1v) is 6.01. The third-order valence-electron chi connectivity index (χ3n) is 3.37. The Labute approximate surface area is 108 Å². The van der Waals surface area contributed by atoms with Crippen LogP contribution in [0.5, 0.6) is 5.75 Å². The maximum atomic E-state index is 11.1. The summed E-state index contributed by atoms with van der Waals surface area (Å²) >= 11 is 0. The van der Waals surface area contributed by atoms with Gasteiger partial charge in [-0.2, -0.15) is 0 Å². The van der Waals surface area contributed by atoms with E-state index in [0.29, 0.717) is 13.0 Å². The largest absolute Gasteiger partial charge is 0.493 e. The topological polar surface area (TPSA) is 58.6 Å². The summed E-state index contributed by atoms with van der Waals surface area (Å²) < 4.78 is 5.59. The second-order valence-corrected chi connectivity index (χ2v) is 4.73. The zero-order valence-corrected chi connectivity index (χ0v) is 11.4. The fraction of sp³-hybridized carbons (Fsp3) is 0.500. The fourth-order valence-electron chi connectivity index (χ4n) is 1.52. The molecule has 18 heavy (non-hydrogen) atoms. The van der Waals surface area contributed by atoms with Gasteiger partial charge >= 0.3 is 5.97 Å². The van der Waals surface area contributed by atoms with Crippen molar-refractivity contribution in [3.8, 4) is 5.75 Å². The first kappa shape index (κ1) is 14.5. The Bertz CT molecular complexity index is 431. The Kier molecular flexibility index (Phi) is 4.73. The van der Waals surface area contributed by atoms with Crippen LogP contribution in [0.3, 0.4) is 0 Å². The second-order valence-electron chi connectivity index (χ2n) is 4.73. The molecule has 100 valence electrons. The average Bonchev–Trinajstić information content (AvgIpc) is 2.33. The minimum absolute atomic E-state index is 0.367. The lowest BCUT2D eigenvalue weighted by molar-refractivity contribution is -0.144. The molecule has 0 amide bonds. The molecular weight excluding hydrogens is 230 g/mol. The number of ether oxygens (including phenoxy) is 1. The molecule has 1 unspecified atom stereocenters. The highest BCUT2D eigenvalue weighted by molar-refractivity contribution is 5.78. The van der Waals surface area contributed by atoms with E-state index in [0.717, 1.165) is 5.75 Å². The predicted octanol–water partition coefficient (Wildman–Crippen LogP) is 2.14. The molecule has 0 aliphatic carbocycles. The zero-order chi connectivity index (χ0) is 13.8. The minimum atomic E-state index is -0.945. The summed E-state index contributed by atoms with van der Waals surface area (Å²) in [7, 11) is 1.64. The van der Waals surface area contributed by atoms with Crippen LogP contribution < -0.4 is 10.1 Å². The van der Waals surface area contributed by atoms with Gasteiger partial charge in [-0.25, -0.2) is 0 Å². The van der Waals surface area contributed by atoms with Gasteiger partial charge in [0, 0.05) is 6.42 Å². The van der Waals surface area contributed by atoms with Gasteiger partial charge in [-0.1, -0.05) is 6.07 Å². The Morgan fingerprint density at radius 2 is 2.06 bits per heavy atom. The SMILES string of the molecule is CNC(C)(CCOc1ccc(C)c(C)c1)C(=O)O. The summed E-state index contributed by atoms with van der Waals surface area (Å²) in [6, 6.07) is 5.87. The van der Waals surface area contributed by atoms with E-state index in [1.54, 1.807) is 14.0 Å². The molecule has 1 atom stereocenters. The van der Waals surface area contributed by atoms with Crippen LogP contribution >= 0.6 is 0 Å². The van der Waals surface area contributed by atoms with E-state index < -0.39 is 11.5 Å². The second kappa shape index (κ2) is 5.87. The predicted molar refractivity (Wildman–Crippen MR) is 71.1 cm³/mol. The van der Waals surface area contributed by atoms with E-state index in [1.165, 1.54) is 11.1 Å². The summed E-state index contributed by atoms with van der Waals surface area (Å²) in [4.78, 5) is 11.1. The van der Waals surface area contributed by atoms with E-state index in [1.807, 2.05) is 32.0 Å². The molecule has 1 aromatic rings. The van der Waals surface area contributed by atoms with Crippen molar-refractivity contribution in [3.63, 3.8) is 0 Å². The number of likely N-dealkylation sites (N-methyl/N-ethyl adjacent to an activating group) is 1. The van der Waals surface area contributed by atoms with E-state index in [-0.39, 0.29) is 0 Å². The van der Waals surface area contributed by atoms with Crippen molar-refractivity contribution in [1.29, 1.82) is 0 Å². The van der Waals surface area contributed by atoms with Gasteiger partial charge in [0.25, 0.3) is 0 Å². The number of hydrogen-bond donors (Lipinski definition) is 2. The number of hydrogen-bond acceptors (Lipinski definition) is 3. The highest BCUT2D eigenvalue weighted by Crippen LogP contribution is 2.18. The van der Waals surface area contributed by atoms with Crippen LogP contribution in [0.2, 0.25) is 0 Å². The molecule has 1 aromatic carbocycles. The van der Waals surface area contributed by atoms with Crippen LogP contribution in [-0.4, -0.2) is 30.3 Å². The van der Waals surface area contributed by atoms with Gasteiger partial charge in [-0.05, 0) is 51.1 Å². The van der Waals surface area contributed by atoms with Gasteiger partial charge in [0.1, 0.15) is 11.3 Å². The van der Waals surface area contributed by atoms with Gasteiger partial charge in [0.05, 0.1) is 6.61 Å². The lowest BCUT2D eigenvalue weighted by atomic mass is 9.99. The molecular formula is C14H21NO3. The molecule has 2 N–H and O–H groups in total. The third-order valence-corrected chi connectivity index (χ3v) is 3.37. The van der Waals surface area contributed by atoms with Gasteiger partial charge in [0.15, 0.2) is 0 Å². The van der Waals surface area contributed by atoms with E-state index in [4.69, 9.17) is 9.84 Å². The fourth-order valence-corrected chi connectivity index (χ4v) is 1.52. The van der Waals surface area contributed by atoms with Crippen molar-refractivity contribution < 1.29 is 14.6 Å². The number of carboxylic acids is 1. The Morgan fingerprint density at radius 1 is 1.39 bits per heavy atom. The maximum absolute atomic E-state index is 11.1. The van der Waals surface area contributed by atoms with Crippen molar-refractivity contribution in [3.05, 3.63) is 29.3 Å². The molecule has 0 saturated heterocycles. The van der Waals surface area contributed by atoms with E-state index >= 15 is 0 Å². The Hall–Kier alpha value is -1.55. The third kappa shape index (κ3) is 3.47. The summed E-state index contributed by atoms with van der Waals surface area (Å²) in [5, 5.41) is 11.9. The summed E-state index contributed by atoms with van der Waals surface area (Å²) in [6.45, 7) is 6.09. The molecule has 0 aliphatic heterocycles. The lowest BCUT2D eigenvalue weighted by Crippen LogP contribution is -2.48. The monoisotopic (exact) mass is 251 g/mol. The van der Waals surface area contributed by atoms with Gasteiger partial charge < -0.3 is 15.2 Å². The first-order valence-electron chi connectivity index (χ1n) is 6.01. The highest BCUT2D eigenvalue weighted by Gasteiger charge is 2.30. The molecule has 0 saturated carbocycles. The van der Waals surface area contributed by atoms with Crippen LogP contribution in [0.4, 0.5) is 0 Å². The molecule has 4 nitrogen and oxygen atoms in total. The average molecular weight is 251 g/mol. The smallest absolute Gasteiger partial charge is 0.323 e. The van der Waals surface area contributed by atoms with Gasteiger partial charge in [0.2, 0.25) is 0 Å². The van der Waals surface area contributed by atoms with E-state index in [2.05, 4.69) is 5.32 Å². The number of nitrogens with one attached hydrogen (secondary N) is 1. The number of carboxylic acid groups (broad SMARTS) is 1. The highest BCUT2D eigenvalue weighted by atomic mass is 16.5. The zero-order valence-electron chi connectivity index (χ0n) is 11.4. The van der Waals surface area contributed by atoms with Crippen LogP contribution in [0.15, 0.2) is 18.2 Å². The van der Waals surface area contributed by atoms with Crippen LogP contribution in [-0.2, 0) is 4.79 Å². The molecule has 0 aliphatic rings. The number of rotatable bonds is 6. The standard InChI is InChI=1S/C14H21NO3/c1-10-5-6-12(9-11(10)2)18-8-7-14(3,15-4)13(16)17/h5-6,9,15H,7-8H2,1-4H3,(H,16,17). The Morgan fingerprint density at radius 3 is 2.56 bits per heavy atom. The molecule has 0 bridgehead atoms. The number of benzene rings is 1. The molecule has 0 aromatic heterocycles. The van der Waals surface area contributed by atoms with E-state index in [9.17, 15) is 4.79 Å². The lowest BCUT2D eigenvalue weighted by Gasteiger charge is -2.24. The normalized spacial score (nSPS) is 14.0. The van der Waals surface area contributed by atoms with Crippen molar-refractivity contribution in [2.75, 3.05) is 13.7 Å². The summed E-state index contributed by atoms with van der Waals surface area (Å²) in [5.74, 6) is -0.0874. The van der Waals surface area contributed by atoms with Gasteiger partial charge in [-0.15, -0.1) is 0 Å². The Balaban J connectivity index is 2.56. The van der Waals surface area contributed by atoms with Crippen molar-refractivity contribution >= 4 is 5.97 Å². The molecule has 1 rings (SSSR count). The van der Waals surface area contributed by atoms with Crippen molar-refractivity contribution in [1.82, 2.24) is 5.32 Å². The van der Waals surface area contributed by atoms with Crippen LogP contribution in [0.1, 0.15) is 24.5 Å². The molecule has 0 fully saturated rings.